The molecule has 5 aliphatic rings. The van der Waals surface area contributed by atoms with E-state index in [1.807, 2.05) is 53.7 Å². The van der Waals surface area contributed by atoms with Gasteiger partial charge < -0.3 is 43.7 Å². The standard InChI is InChI=1S/C46H76O12/c1-13-32(41(49)50)34-17-16-26(6)39(54-34)30(10)37(47)29(9)38(48)33(14-2)40-27(7)24-28(8)45(56-40)21-19-36(55-42(51)25(4)5)46(58-45)23-22-43(12,57-46)35-18-20-44(52,15-3)31(11)53-35/h19,21,25-37,39-40,47,52H,13-18,20,22-24H2,1-12H3,(H,49,50)/t26-,27-,28+,29-,30-,31-,32+,33-,34+,35+,36+,37+,39+,40-,43-,44+,45-,46-/m0/s1. The van der Waals surface area contributed by atoms with Gasteiger partial charge in [-0.25, -0.2) is 0 Å². The first-order valence-electron chi connectivity index (χ1n) is 22.6. The van der Waals surface area contributed by atoms with Gasteiger partial charge in [-0.1, -0.05) is 69.2 Å². The van der Waals surface area contributed by atoms with E-state index in [2.05, 4.69) is 20.8 Å². The van der Waals surface area contributed by atoms with Gasteiger partial charge in [-0.2, -0.15) is 0 Å². The number of aliphatic carboxylic acids is 1. The number of carbonyl (C=O) groups is 3. The molecule has 5 rings (SSSR count). The van der Waals surface area contributed by atoms with Crippen LogP contribution in [0.4, 0.5) is 0 Å². The Morgan fingerprint density at radius 2 is 1.53 bits per heavy atom. The summed E-state index contributed by atoms with van der Waals surface area (Å²) in [6.45, 7) is 23.2. The van der Waals surface area contributed by atoms with Crippen LogP contribution in [-0.4, -0.2) is 98.5 Å². The number of hydrogen-bond donors (Lipinski definition) is 3. The van der Waals surface area contributed by atoms with Crippen molar-refractivity contribution in [2.24, 2.45) is 47.3 Å². The van der Waals surface area contributed by atoms with Crippen LogP contribution in [0.3, 0.4) is 0 Å². The predicted molar refractivity (Wildman–Crippen MR) is 217 cm³/mol. The average molecular weight is 821 g/mol. The summed E-state index contributed by atoms with van der Waals surface area (Å²) in [5.41, 5.74) is -1.72. The number of esters is 1. The van der Waals surface area contributed by atoms with Crippen molar-refractivity contribution < 1.29 is 58.1 Å². The highest BCUT2D eigenvalue weighted by atomic mass is 16.8. The molecule has 0 radical (unpaired) electrons. The molecule has 0 aromatic heterocycles. The predicted octanol–water partition coefficient (Wildman–Crippen LogP) is 7.39. The summed E-state index contributed by atoms with van der Waals surface area (Å²) in [6.07, 6.45) is 5.50. The number of ether oxygens (including phenoxy) is 6. The zero-order chi connectivity index (χ0) is 43.1. The molecular weight excluding hydrogens is 744 g/mol. The lowest BCUT2D eigenvalue weighted by atomic mass is 9.72. The number of carboxylic acids is 1. The second-order valence-corrected chi connectivity index (χ2v) is 19.5. The van der Waals surface area contributed by atoms with Crippen molar-refractivity contribution in [2.75, 3.05) is 0 Å². The van der Waals surface area contributed by atoms with E-state index in [0.717, 1.165) is 6.42 Å². The molecule has 0 aromatic rings. The van der Waals surface area contributed by atoms with Crippen LogP contribution in [0.15, 0.2) is 12.2 Å². The van der Waals surface area contributed by atoms with E-state index in [0.29, 0.717) is 57.8 Å². The molecule has 5 aliphatic heterocycles. The van der Waals surface area contributed by atoms with Gasteiger partial charge in [-0.15, -0.1) is 0 Å². The number of carboxylic acid groups (broad SMARTS) is 1. The van der Waals surface area contributed by atoms with Crippen LogP contribution in [0, 0.1) is 47.3 Å². The summed E-state index contributed by atoms with van der Waals surface area (Å²) in [5, 5.41) is 32.8. The number of aliphatic hydroxyl groups is 2. The first-order chi connectivity index (χ1) is 27.1. The average Bonchev–Trinajstić information content (AvgIpc) is 3.52. The lowest BCUT2D eigenvalue weighted by Gasteiger charge is -2.54. The summed E-state index contributed by atoms with van der Waals surface area (Å²) in [5.74, 6) is -6.81. The summed E-state index contributed by atoms with van der Waals surface area (Å²) in [7, 11) is 0. The van der Waals surface area contributed by atoms with Gasteiger partial charge in [0.1, 0.15) is 5.78 Å². The topological polar surface area (TPSA) is 167 Å². The quantitative estimate of drug-likeness (QED) is 0.118. The summed E-state index contributed by atoms with van der Waals surface area (Å²) < 4.78 is 40.3. The molecule has 3 N–H and O–H groups in total. The Hall–Kier alpha value is -1.93. The first-order valence-corrected chi connectivity index (χ1v) is 22.6. The fraction of sp³-hybridized carbons (Fsp3) is 0.891. The van der Waals surface area contributed by atoms with Crippen LogP contribution in [0.2, 0.25) is 0 Å². The number of hydrogen-bond acceptors (Lipinski definition) is 11. The second-order valence-electron chi connectivity index (χ2n) is 19.5. The number of ketones is 1. The summed E-state index contributed by atoms with van der Waals surface area (Å²) in [4.78, 5) is 39.7. The molecule has 0 aliphatic carbocycles. The molecule has 12 nitrogen and oxygen atoms in total. The van der Waals surface area contributed by atoms with Crippen molar-refractivity contribution in [3.05, 3.63) is 12.2 Å². The molecule has 0 aromatic carbocycles. The molecule has 58 heavy (non-hydrogen) atoms. The first kappa shape index (κ1) is 47.1. The van der Waals surface area contributed by atoms with Crippen LogP contribution in [-0.2, 0) is 42.8 Å². The van der Waals surface area contributed by atoms with E-state index in [1.165, 1.54) is 0 Å². The van der Waals surface area contributed by atoms with Gasteiger partial charge in [0.25, 0.3) is 0 Å². The maximum absolute atomic E-state index is 14.6. The van der Waals surface area contributed by atoms with E-state index < -0.39 is 89.0 Å². The van der Waals surface area contributed by atoms with E-state index in [-0.39, 0.29) is 41.5 Å². The Morgan fingerprint density at radius 3 is 2.12 bits per heavy atom. The van der Waals surface area contributed by atoms with Crippen LogP contribution in [0.25, 0.3) is 0 Å². The third-order valence-corrected chi connectivity index (χ3v) is 15.1. The van der Waals surface area contributed by atoms with Gasteiger partial charge >= 0.3 is 11.9 Å². The van der Waals surface area contributed by atoms with Gasteiger partial charge in [0.05, 0.1) is 59.7 Å². The summed E-state index contributed by atoms with van der Waals surface area (Å²) in [6, 6.07) is 0. The molecule has 0 unspecified atom stereocenters. The van der Waals surface area contributed by atoms with E-state index >= 15 is 0 Å². The maximum Gasteiger partial charge on any atom is 0.309 e. The fourth-order valence-electron chi connectivity index (χ4n) is 10.9. The molecule has 4 fully saturated rings. The van der Waals surface area contributed by atoms with Crippen molar-refractivity contribution in [1.29, 1.82) is 0 Å². The van der Waals surface area contributed by atoms with E-state index in [4.69, 9.17) is 28.4 Å². The SMILES string of the molecule is CC[C@@H](C(=O)[C@@H](C)[C@@H](O)[C@H](C)[C@@H]1O[C@@H]([C@@H](CC)C(=O)O)CC[C@@H]1C)[C@H]1O[C@]2(C=C[C@@H](OC(=O)C(C)C)[C@]3(CC[C@@](C)([C@H]4CC[C@](O)(CC)[C@H](C)O4)O3)O2)[C@H](C)C[C@@H]1C. The van der Waals surface area contributed by atoms with Crippen molar-refractivity contribution in [3.63, 3.8) is 0 Å². The van der Waals surface area contributed by atoms with Gasteiger partial charge in [0.2, 0.25) is 5.79 Å². The largest absolute Gasteiger partial charge is 0.481 e. The van der Waals surface area contributed by atoms with Crippen LogP contribution >= 0.6 is 0 Å². The van der Waals surface area contributed by atoms with E-state index in [9.17, 15) is 29.7 Å². The van der Waals surface area contributed by atoms with Crippen molar-refractivity contribution >= 4 is 17.7 Å². The monoisotopic (exact) mass is 821 g/mol. The minimum absolute atomic E-state index is 0.0191. The van der Waals surface area contributed by atoms with Gasteiger partial charge in [0.15, 0.2) is 11.9 Å². The van der Waals surface area contributed by atoms with Crippen molar-refractivity contribution in [3.8, 4) is 0 Å². The maximum atomic E-state index is 14.6. The molecule has 12 heteroatoms. The number of Topliss-reactive ketones (excluding diaryl/α,β-unsaturated/α-hetero) is 1. The zero-order valence-electron chi connectivity index (χ0n) is 37.4. The minimum atomic E-state index is -1.39. The number of carbonyl (C=O) groups excluding carboxylic acids is 2. The third kappa shape index (κ3) is 9.00. The normalized spacial score (nSPS) is 43.2. The molecule has 0 bridgehead atoms. The Bertz CT molecular complexity index is 1480. The molecule has 2 spiro atoms. The molecule has 4 saturated heterocycles. The number of aliphatic hydroxyl groups excluding tert-OH is 1. The Labute approximate surface area is 347 Å². The van der Waals surface area contributed by atoms with Crippen molar-refractivity contribution in [1.82, 2.24) is 0 Å². The van der Waals surface area contributed by atoms with E-state index in [1.54, 1.807) is 20.8 Å². The number of rotatable bonds is 14. The lowest BCUT2D eigenvalue weighted by molar-refractivity contribution is -0.409. The molecular formula is C46H76O12. The smallest absolute Gasteiger partial charge is 0.309 e. The Morgan fingerprint density at radius 1 is 0.862 bits per heavy atom. The molecule has 5 heterocycles. The highest BCUT2D eigenvalue weighted by Crippen LogP contribution is 2.54. The highest BCUT2D eigenvalue weighted by Gasteiger charge is 2.64. The molecule has 0 saturated carbocycles. The van der Waals surface area contributed by atoms with Gasteiger partial charge in [-0.05, 0) is 95.6 Å². The van der Waals surface area contributed by atoms with Crippen LogP contribution < -0.4 is 0 Å². The summed E-state index contributed by atoms with van der Waals surface area (Å²) >= 11 is 0. The molecule has 0 amide bonds. The molecule has 332 valence electrons. The highest BCUT2D eigenvalue weighted by molar-refractivity contribution is 5.84. The lowest BCUT2D eigenvalue weighted by Crippen LogP contribution is -2.63. The zero-order valence-corrected chi connectivity index (χ0v) is 37.4. The third-order valence-electron chi connectivity index (χ3n) is 15.1. The Balaban J connectivity index is 1.38. The fourth-order valence-corrected chi connectivity index (χ4v) is 10.9. The van der Waals surface area contributed by atoms with Gasteiger partial charge in [-0.3, -0.25) is 14.4 Å². The van der Waals surface area contributed by atoms with Crippen molar-refractivity contribution in [2.45, 2.75) is 213 Å². The van der Waals surface area contributed by atoms with Crippen LogP contribution in [0.5, 0.6) is 0 Å². The van der Waals surface area contributed by atoms with Gasteiger partial charge in [0, 0.05) is 30.1 Å². The second kappa shape index (κ2) is 18.2. The minimum Gasteiger partial charge on any atom is -0.481 e. The Kier molecular flexibility index (Phi) is 14.8. The molecule has 18 atom stereocenters. The van der Waals surface area contributed by atoms with Crippen LogP contribution in [0.1, 0.15) is 147 Å².